The minimum absolute atomic E-state index is 0.0638. The van der Waals surface area contributed by atoms with Crippen molar-refractivity contribution < 1.29 is 14.6 Å². The van der Waals surface area contributed by atoms with Crippen LogP contribution in [0.4, 0.5) is 0 Å². The lowest BCUT2D eigenvalue weighted by Crippen LogP contribution is -2.39. The van der Waals surface area contributed by atoms with E-state index in [0.717, 1.165) is 51.5 Å². The number of ether oxygens (including phenoxy) is 1. The molecule has 0 bridgehead atoms. The Morgan fingerprint density at radius 1 is 1.13 bits per heavy atom. The number of carbonyl (C=O) groups excluding carboxylic acids is 1. The molecule has 0 radical (unpaired) electrons. The fourth-order valence-electron chi connectivity index (χ4n) is 6.62. The van der Waals surface area contributed by atoms with Gasteiger partial charge in [-0.15, -0.1) is 0 Å². The summed E-state index contributed by atoms with van der Waals surface area (Å²) in [6.45, 7) is 3.12. The molecule has 0 unspecified atom stereocenters. The maximum atomic E-state index is 13.0. The first-order chi connectivity index (χ1) is 18.4. The van der Waals surface area contributed by atoms with Gasteiger partial charge >= 0.3 is 0 Å². The van der Waals surface area contributed by atoms with Gasteiger partial charge < -0.3 is 9.84 Å². The van der Waals surface area contributed by atoms with Crippen molar-refractivity contribution in [3.63, 3.8) is 0 Å². The number of hydrogen-bond acceptors (Lipinski definition) is 8. The molecule has 38 heavy (non-hydrogen) atoms. The molecule has 4 aliphatic rings. The first-order valence-corrected chi connectivity index (χ1v) is 14.2. The number of likely N-dealkylation sites (N-methyl/N-ethyl adjacent to an activating group) is 1. The minimum atomic E-state index is -0.848. The van der Waals surface area contributed by atoms with Gasteiger partial charge in [-0.05, 0) is 84.4 Å². The highest BCUT2D eigenvalue weighted by Crippen LogP contribution is 2.48. The quantitative estimate of drug-likeness (QED) is 0.494. The first-order valence-electron chi connectivity index (χ1n) is 14.2. The third-order valence-electron chi connectivity index (χ3n) is 9.01. The van der Waals surface area contributed by atoms with E-state index in [1.165, 1.54) is 0 Å². The van der Waals surface area contributed by atoms with Crippen molar-refractivity contribution in [3.8, 4) is 17.3 Å². The lowest BCUT2D eigenvalue weighted by Gasteiger charge is -2.39. The summed E-state index contributed by atoms with van der Waals surface area (Å²) in [4.78, 5) is 24.7. The number of aliphatic hydroxyl groups is 1. The monoisotopic (exact) mass is 518 g/mol. The van der Waals surface area contributed by atoms with Crippen LogP contribution in [-0.2, 0) is 4.79 Å². The highest BCUT2D eigenvalue weighted by atomic mass is 16.5. The number of rotatable bonds is 7. The van der Waals surface area contributed by atoms with Crippen LogP contribution in [0, 0.1) is 10.8 Å². The Morgan fingerprint density at radius 2 is 1.95 bits per heavy atom. The number of allylic oxidation sites excluding steroid dienone is 2. The highest BCUT2D eigenvalue weighted by molar-refractivity contribution is 6.09. The molecule has 9 nitrogen and oxygen atoms in total. The molecule has 2 N–H and O–H groups in total. The van der Waals surface area contributed by atoms with Crippen molar-refractivity contribution in [2.45, 2.75) is 95.7 Å². The van der Waals surface area contributed by atoms with Crippen molar-refractivity contribution in [2.24, 2.45) is 5.41 Å². The average molecular weight is 519 g/mol. The van der Waals surface area contributed by atoms with E-state index in [-0.39, 0.29) is 29.2 Å². The van der Waals surface area contributed by atoms with Crippen LogP contribution in [0.3, 0.4) is 0 Å². The molecular weight excluding hydrogens is 480 g/mol. The normalized spacial score (nSPS) is 27.2. The lowest BCUT2D eigenvalue weighted by atomic mass is 9.64. The predicted octanol–water partition coefficient (Wildman–Crippen LogP) is 5.03. The fraction of sp³-hybridized carbons (Fsp3) is 0.621. The van der Waals surface area contributed by atoms with E-state index in [1.807, 2.05) is 23.0 Å². The van der Waals surface area contributed by atoms with Crippen molar-refractivity contribution in [3.05, 3.63) is 35.5 Å². The molecule has 2 aromatic heterocycles. The van der Waals surface area contributed by atoms with Crippen LogP contribution in [-0.4, -0.2) is 67.0 Å². The zero-order valence-electron chi connectivity index (χ0n) is 22.4. The molecule has 2 aromatic rings. The molecule has 6 rings (SSSR count). The van der Waals surface area contributed by atoms with E-state index in [1.54, 1.807) is 0 Å². The Balaban J connectivity index is 1.37. The Morgan fingerprint density at radius 3 is 2.68 bits per heavy atom. The van der Waals surface area contributed by atoms with Gasteiger partial charge in [0, 0.05) is 30.3 Å². The average Bonchev–Trinajstić information content (AvgIpc) is 3.47. The summed E-state index contributed by atoms with van der Waals surface area (Å²) in [6.07, 6.45) is 11.2. The number of likely N-dealkylation sites (tertiary alicyclic amines) is 1. The van der Waals surface area contributed by atoms with Gasteiger partial charge in [-0.1, -0.05) is 6.42 Å². The molecule has 1 spiro atoms. The number of nitrogens with one attached hydrogen (secondary N) is 1. The molecular formula is C29H38N6O3. The largest absolute Gasteiger partial charge is 0.511 e. The number of carbonyl (C=O) groups is 1. The van der Waals surface area contributed by atoms with E-state index in [2.05, 4.69) is 23.9 Å². The summed E-state index contributed by atoms with van der Waals surface area (Å²) in [5, 5.41) is 25.2. The second-order valence-electron chi connectivity index (χ2n) is 11.6. The SMILES string of the molecule is C[C@H](Oc1cc(-c2ccn(C3CC3)n2)nc(C(=N)C2=C(O)[C@]3(CCCCC3=O)CCC2)n1)[C@@H]1CCCN1C. The number of ketones is 1. The predicted molar refractivity (Wildman–Crippen MR) is 144 cm³/mol. The van der Waals surface area contributed by atoms with Crippen LogP contribution in [0.15, 0.2) is 29.7 Å². The Labute approximate surface area is 223 Å². The molecule has 1 saturated heterocycles. The number of aromatic nitrogens is 4. The number of nitrogens with zero attached hydrogens (tertiary/aromatic N) is 5. The van der Waals surface area contributed by atoms with Gasteiger partial charge in [-0.25, -0.2) is 4.98 Å². The summed E-state index contributed by atoms with van der Waals surface area (Å²) in [6, 6.07) is 4.50. The smallest absolute Gasteiger partial charge is 0.217 e. The molecule has 3 aliphatic carbocycles. The summed E-state index contributed by atoms with van der Waals surface area (Å²) in [7, 11) is 2.12. The Kier molecular flexibility index (Phi) is 6.58. The molecule has 3 atom stereocenters. The van der Waals surface area contributed by atoms with Crippen molar-refractivity contribution in [2.75, 3.05) is 13.6 Å². The Hall–Kier alpha value is -3.07. The summed E-state index contributed by atoms with van der Waals surface area (Å²) in [5.74, 6) is 0.772. The fourth-order valence-corrected chi connectivity index (χ4v) is 6.62. The van der Waals surface area contributed by atoms with Gasteiger partial charge in [0.25, 0.3) is 0 Å². The van der Waals surface area contributed by atoms with Gasteiger partial charge in [0.2, 0.25) is 5.88 Å². The maximum absolute atomic E-state index is 13.0. The van der Waals surface area contributed by atoms with Crippen LogP contribution < -0.4 is 4.74 Å². The number of Topliss-reactive ketones (excluding diaryl/α,β-unsaturated/α-hetero) is 1. The molecule has 202 valence electrons. The third kappa shape index (κ3) is 4.55. The van der Waals surface area contributed by atoms with Crippen LogP contribution in [0.2, 0.25) is 0 Å². The number of aliphatic hydroxyl groups excluding tert-OH is 1. The topological polar surface area (TPSA) is 117 Å². The molecule has 3 heterocycles. The molecule has 9 heteroatoms. The summed E-state index contributed by atoms with van der Waals surface area (Å²) in [5.41, 5.74) is 1.02. The number of hydrogen-bond donors (Lipinski definition) is 2. The summed E-state index contributed by atoms with van der Waals surface area (Å²) < 4.78 is 8.35. The molecule has 0 aromatic carbocycles. The maximum Gasteiger partial charge on any atom is 0.217 e. The molecule has 1 aliphatic heterocycles. The van der Waals surface area contributed by atoms with Gasteiger partial charge in [-0.2, -0.15) is 10.1 Å². The van der Waals surface area contributed by atoms with E-state index < -0.39 is 5.41 Å². The van der Waals surface area contributed by atoms with Crippen molar-refractivity contribution >= 4 is 11.5 Å². The van der Waals surface area contributed by atoms with E-state index in [9.17, 15) is 9.90 Å². The molecule has 3 fully saturated rings. The third-order valence-corrected chi connectivity index (χ3v) is 9.01. The van der Waals surface area contributed by atoms with E-state index in [4.69, 9.17) is 20.2 Å². The summed E-state index contributed by atoms with van der Waals surface area (Å²) >= 11 is 0. The lowest BCUT2D eigenvalue weighted by molar-refractivity contribution is -0.131. The second-order valence-corrected chi connectivity index (χ2v) is 11.6. The van der Waals surface area contributed by atoms with Gasteiger partial charge in [0.05, 0.1) is 17.2 Å². The zero-order chi connectivity index (χ0) is 26.4. The van der Waals surface area contributed by atoms with E-state index in [0.29, 0.717) is 60.6 Å². The Bertz CT molecular complexity index is 1280. The van der Waals surface area contributed by atoms with Crippen LogP contribution in [0.5, 0.6) is 5.88 Å². The molecule has 2 saturated carbocycles. The van der Waals surface area contributed by atoms with Gasteiger partial charge in [0.1, 0.15) is 29.1 Å². The second kappa shape index (κ2) is 9.91. The van der Waals surface area contributed by atoms with Gasteiger partial charge in [-0.3, -0.25) is 19.8 Å². The van der Waals surface area contributed by atoms with Crippen LogP contribution in [0.25, 0.3) is 11.4 Å². The first kappa shape index (κ1) is 25.2. The van der Waals surface area contributed by atoms with Crippen molar-refractivity contribution in [1.29, 1.82) is 5.41 Å². The van der Waals surface area contributed by atoms with Gasteiger partial charge in [0.15, 0.2) is 5.82 Å². The van der Waals surface area contributed by atoms with E-state index >= 15 is 0 Å². The standard InChI is InChI=1S/C29H38N6O3/c1-18(23-8-6-15-34(23)2)38-25-17-22(21-12-16-35(33-21)19-10-11-19)31-28(32-25)26(30)20-7-5-14-29(27(20)37)13-4-3-9-24(29)36/h12,16-19,23,30,37H,3-11,13-15H2,1-2H3/t18-,23-,29+/m0/s1. The highest BCUT2D eigenvalue weighted by Gasteiger charge is 2.47. The minimum Gasteiger partial charge on any atom is -0.511 e. The van der Waals surface area contributed by atoms with Crippen molar-refractivity contribution in [1.82, 2.24) is 24.6 Å². The van der Waals surface area contributed by atoms with Crippen LogP contribution in [0.1, 0.15) is 89.4 Å². The molecule has 0 amide bonds. The zero-order valence-corrected chi connectivity index (χ0v) is 22.4. The van der Waals surface area contributed by atoms with Crippen LogP contribution >= 0.6 is 0 Å².